The van der Waals surface area contributed by atoms with E-state index in [4.69, 9.17) is 4.42 Å². The fraction of sp³-hybridized carbons (Fsp3) is 0.500. The maximum absolute atomic E-state index is 12.8. The molecule has 7 heteroatoms. The number of aliphatic carboxylic acids is 1. The molecule has 2 heterocycles. The third-order valence-corrected chi connectivity index (χ3v) is 5.70. The SMILES string of the molecule is O=C(O)C1CC2CCCCC2N1C(=O)CCc1nnc(-c2ccccc2)o1. The fourth-order valence-corrected chi connectivity index (χ4v) is 4.43. The van der Waals surface area contributed by atoms with Crippen LogP contribution in [0.25, 0.3) is 11.5 Å². The lowest BCUT2D eigenvalue weighted by Gasteiger charge is -2.33. The van der Waals surface area contributed by atoms with Crippen LogP contribution in [0.1, 0.15) is 44.4 Å². The number of likely N-dealkylation sites (tertiary alicyclic amines) is 1. The highest BCUT2D eigenvalue weighted by atomic mass is 16.4. The molecule has 0 radical (unpaired) electrons. The van der Waals surface area contributed by atoms with E-state index in [1.54, 1.807) is 4.90 Å². The van der Waals surface area contributed by atoms with Crippen molar-refractivity contribution in [3.05, 3.63) is 36.2 Å². The Balaban J connectivity index is 1.42. The zero-order chi connectivity index (χ0) is 18.8. The summed E-state index contributed by atoms with van der Waals surface area (Å²) in [6.45, 7) is 0. The van der Waals surface area contributed by atoms with Gasteiger partial charge in [0.1, 0.15) is 6.04 Å². The summed E-state index contributed by atoms with van der Waals surface area (Å²) in [7, 11) is 0. The van der Waals surface area contributed by atoms with Crippen LogP contribution in [0.4, 0.5) is 0 Å². The van der Waals surface area contributed by atoms with Crippen molar-refractivity contribution in [3.63, 3.8) is 0 Å². The topological polar surface area (TPSA) is 96.5 Å². The molecule has 1 aliphatic heterocycles. The number of carbonyl (C=O) groups is 2. The molecule has 2 fully saturated rings. The summed E-state index contributed by atoms with van der Waals surface area (Å²) in [6.07, 6.45) is 5.18. The van der Waals surface area contributed by atoms with Gasteiger partial charge in [0, 0.05) is 24.4 Å². The van der Waals surface area contributed by atoms with Gasteiger partial charge in [-0.15, -0.1) is 10.2 Å². The molecule has 142 valence electrons. The van der Waals surface area contributed by atoms with Gasteiger partial charge >= 0.3 is 5.97 Å². The predicted molar refractivity (Wildman–Crippen MR) is 96.7 cm³/mol. The van der Waals surface area contributed by atoms with Gasteiger partial charge in [0.15, 0.2) is 0 Å². The highest BCUT2D eigenvalue weighted by Gasteiger charge is 2.47. The summed E-state index contributed by atoms with van der Waals surface area (Å²) < 4.78 is 5.65. The Morgan fingerprint density at radius 1 is 1.15 bits per heavy atom. The summed E-state index contributed by atoms with van der Waals surface area (Å²) >= 11 is 0. The average Bonchev–Trinajstić information content (AvgIpc) is 3.32. The van der Waals surface area contributed by atoms with Gasteiger partial charge in [0.25, 0.3) is 0 Å². The van der Waals surface area contributed by atoms with Crippen LogP contribution < -0.4 is 0 Å². The number of aromatic nitrogens is 2. The summed E-state index contributed by atoms with van der Waals surface area (Å²) in [6, 6.07) is 8.82. The van der Waals surface area contributed by atoms with Crippen LogP contribution in [0.15, 0.2) is 34.7 Å². The molecule has 1 saturated carbocycles. The first-order chi connectivity index (χ1) is 13.1. The standard InChI is InChI=1S/C20H23N3O4/c24-18(23-15-9-5-4-8-14(15)12-16(23)20(25)26)11-10-17-21-22-19(27-17)13-6-2-1-3-7-13/h1-3,6-7,14-16H,4-5,8-12H2,(H,25,26). The molecule has 1 saturated heterocycles. The number of nitrogens with zero attached hydrogens (tertiary/aromatic N) is 3. The van der Waals surface area contributed by atoms with Crippen molar-refractivity contribution < 1.29 is 19.1 Å². The molecular formula is C20H23N3O4. The number of carbonyl (C=O) groups excluding carboxylic acids is 1. The number of carboxylic acids is 1. The van der Waals surface area contributed by atoms with E-state index in [1.165, 1.54) is 0 Å². The van der Waals surface area contributed by atoms with E-state index in [2.05, 4.69) is 10.2 Å². The lowest BCUT2D eigenvalue weighted by atomic mass is 9.84. The number of fused-ring (bicyclic) bond motifs is 1. The molecule has 3 atom stereocenters. The second-order valence-electron chi connectivity index (χ2n) is 7.37. The summed E-state index contributed by atoms with van der Waals surface area (Å²) in [5.74, 6) is 0.110. The summed E-state index contributed by atoms with van der Waals surface area (Å²) in [4.78, 5) is 26.1. The molecule has 2 aliphatic rings. The van der Waals surface area contributed by atoms with Gasteiger partial charge in [0.2, 0.25) is 17.7 Å². The Bertz CT molecular complexity index is 820. The maximum atomic E-state index is 12.8. The Morgan fingerprint density at radius 3 is 2.70 bits per heavy atom. The van der Waals surface area contributed by atoms with E-state index in [0.29, 0.717) is 30.5 Å². The molecule has 3 unspecified atom stereocenters. The highest BCUT2D eigenvalue weighted by molar-refractivity contribution is 5.84. The van der Waals surface area contributed by atoms with Gasteiger partial charge in [-0.2, -0.15) is 0 Å². The summed E-state index contributed by atoms with van der Waals surface area (Å²) in [5.41, 5.74) is 0.832. The highest BCUT2D eigenvalue weighted by Crippen LogP contribution is 2.40. The van der Waals surface area contributed by atoms with Crippen molar-refractivity contribution in [1.29, 1.82) is 0 Å². The van der Waals surface area contributed by atoms with Crippen LogP contribution in [0.2, 0.25) is 0 Å². The van der Waals surface area contributed by atoms with Crippen LogP contribution in [-0.4, -0.2) is 44.2 Å². The quantitative estimate of drug-likeness (QED) is 0.870. The number of carboxylic acid groups (broad SMARTS) is 1. The van der Waals surface area contributed by atoms with Crippen molar-refractivity contribution in [2.75, 3.05) is 0 Å². The van der Waals surface area contributed by atoms with Gasteiger partial charge in [-0.1, -0.05) is 31.0 Å². The van der Waals surface area contributed by atoms with E-state index >= 15 is 0 Å². The van der Waals surface area contributed by atoms with Gasteiger partial charge in [-0.05, 0) is 37.3 Å². The molecule has 1 aromatic heterocycles. The van der Waals surface area contributed by atoms with Crippen molar-refractivity contribution in [2.45, 2.75) is 57.0 Å². The minimum atomic E-state index is -0.901. The molecule has 0 bridgehead atoms. The van der Waals surface area contributed by atoms with E-state index in [1.807, 2.05) is 30.3 Å². The number of benzene rings is 1. The first-order valence-corrected chi connectivity index (χ1v) is 9.55. The van der Waals surface area contributed by atoms with Crippen molar-refractivity contribution >= 4 is 11.9 Å². The predicted octanol–water partition coefficient (Wildman–Crippen LogP) is 2.91. The molecule has 27 heavy (non-hydrogen) atoms. The van der Waals surface area contributed by atoms with E-state index < -0.39 is 12.0 Å². The smallest absolute Gasteiger partial charge is 0.326 e. The first kappa shape index (κ1) is 17.7. The van der Waals surface area contributed by atoms with Gasteiger partial charge in [-0.3, -0.25) is 4.79 Å². The van der Waals surface area contributed by atoms with Gasteiger partial charge < -0.3 is 14.4 Å². The molecular weight excluding hydrogens is 346 g/mol. The van der Waals surface area contributed by atoms with E-state index in [-0.39, 0.29) is 18.4 Å². The van der Waals surface area contributed by atoms with E-state index in [9.17, 15) is 14.7 Å². The molecule has 4 rings (SSSR count). The third-order valence-electron chi connectivity index (χ3n) is 5.70. The molecule has 1 aliphatic carbocycles. The van der Waals surface area contributed by atoms with Crippen LogP contribution in [0.5, 0.6) is 0 Å². The largest absolute Gasteiger partial charge is 0.480 e. The van der Waals surface area contributed by atoms with Crippen LogP contribution in [-0.2, 0) is 16.0 Å². The number of hydrogen-bond acceptors (Lipinski definition) is 5. The van der Waals surface area contributed by atoms with Crippen LogP contribution >= 0.6 is 0 Å². The molecule has 2 aromatic rings. The first-order valence-electron chi connectivity index (χ1n) is 9.55. The van der Waals surface area contributed by atoms with Gasteiger partial charge in [0.05, 0.1) is 0 Å². The van der Waals surface area contributed by atoms with Gasteiger partial charge in [-0.25, -0.2) is 4.79 Å². The molecule has 0 spiro atoms. The zero-order valence-corrected chi connectivity index (χ0v) is 15.1. The fourth-order valence-electron chi connectivity index (χ4n) is 4.43. The van der Waals surface area contributed by atoms with Crippen molar-refractivity contribution in [3.8, 4) is 11.5 Å². The number of amides is 1. The molecule has 1 N–H and O–H groups in total. The average molecular weight is 369 g/mol. The second kappa shape index (κ2) is 7.50. The lowest BCUT2D eigenvalue weighted by molar-refractivity contribution is -0.149. The lowest BCUT2D eigenvalue weighted by Crippen LogP contribution is -2.46. The number of rotatable bonds is 5. The van der Waals surface area contributed by atoms with Crippen LogP contribution in [0.3, 0.4) is 0 Å². The maximum Gasteiger partial charge on any atom is 0.326 e. The Morgan fingerprint density at radius 2 is 1.93 bits per heavy atom. The Kier molecular flexibility index (Phi) is 4.92. The van der Waals surface area contributed by atoms with Crippen LogP contribution in [0, 0.1) is 5.92 Å². The molecule has 7 nitrogen and oxygen atoms in total. The summed E-state index contributed by atoms with van der Waals surface area (Å²) in [5, 5.41) is 17.6. The van der Waals surface area contributed by atoms with Crippen molar-refractivity contribution in [1.82, 2.24) is 15.1 Å². The third kappa shape index (κ3) is 3.59. The molecule has 1 amide bonds. The Hall–Kier alpha value is -2.70. The molecule has 1 aromatic carbocycles. The minimum absolute atomic E-state index is 0.0647. The van der Waals surface area contributed by atoms with Crippen molar-refractivity contribution in [2.24, 2.45) is 5.92 Å². The monoisotopic (exact) mass is 369 g/mol. The zero-order valence-electron chi connectivity index (χ0n) is 15.1. The number of hydrogen-bond donors (Lipinski definition) is 1. The second-order valence-corrected chi connectivity index (χ2v) is 7.37. The van der Waals surface area contributed by atoms with E-state index in [0.717, 1.165) is 31.2 Å². The minimum Gasteiger partial charge on any atom is -0.480 e. The Labute approximate surface area is 157 Å². The normalized spacial score (nSPS) is 24.6. The number of aryl methyl sites for hydroxylation is 1.